The molecule has 1 heterocycles. The number of halogens is 1. The average molecular weight is 398 g/mol. The molecule has 0 bridgehead atoms. The first-order valence-electron chi connectivity index (χ1n) is 8.98. The monoisotopic (exact) mass is 397 g/mol. The number of carbonyl (C=O) groups excluding carboxylic acids is 1. The Hall–Kier alpha value is -1.97. The predicted molar refractivity (Wildman–Crippen MR) is 117 cm³/mol. The first-order valence-corrected chi connectivity index (χ1v) is 10.2. The van der Waals surface area contributed by atoms with Gasteiger partial charge in [-0.1, -0.05) is 80.5 Å². The maximum Gasteiger partial charge on any atom is 0.218 e. The summed E-state index contributed by atoms with van der Waals surface area (Å²) < 4.78 is -0.141. The van der Waals surface area contributed by atoms with Crippen molar-refractivity contribution in [2.75, 3.05) is 4.90 Å². The van der Waals surface area contributed by atoms with Gasteiger partial charge in [0.25, 0.3) is 0 Å². The number of hydrogen-bond acceptors (Lipinski definition) is 3. The molecule has 2 aromatic rings. The van der Waals surface area contributed by atoms with Gasteiger partial charge in [0.05, 0.1) is 0 Å². The van der Waals surface area contributed by atoms with E-state index >= 15 is 0 Å². The highest BCUT2D eigenvalue weighted by Gasteiger charge is 2.31. The molecule has 0 spiro atoms. The van der Waals surface area contributed by atoms with Gasteiger partial charge >= 0.3 is 0 Å². The molecule has 2 nitrogen and oxygen atoms in total. The molecule has 140 valence electrons. The van der Waals surface area contributed by atoms with Crippen LogP contribution in [0.5, 0.6) is 0 Å². The normalized spacial score (nSPS) is 17.4. The van der Waals surface area contributed by atoms with E-state index in [1.54, 1.807) is 0 Å². The number of rotatable bonds is 3. The summed E-state index contributed by atoms with van der Waals surface area (Å²) in [7, 11) is 0. The molecule has 1 aliphatic heterocycles. The molecule has 1 unspecified atom stereocenters. The van der Waals surface area contributed by atoms with Gasteiger partial charge in [0.1, 0.15) is 0 Å². The van der Waals surface area contributed by atoms with Gasteiger partial charge in [0.2, 0.25) is 5.12 Å². The van der Waals surface area contributed by atoms with E-state index in [2.05, 4.69) is 50.1 Å². The van der Waals surface area contributed by atoms with Gasteiger partial charge in [-0.2, -0.15) is 0 Å². The summed E-state index contributed by atoms with van der Waals surface area (Å²) in [5.74, 6) is -0.0444. The van der Waals surface area contributed by atoms with E-state index in [1.165, 1.54) is 11.8 Å². The zero-order chi connectivity index (χ0) is 19.6. The van der Waals surface area contributed by atoms with Crippen LogP contribution < -0.4 is 4.90 Å². The number of benzene rings is 2. The summed E-state index contributed by atoms with van der Waals surface area (Å²) in [6.07, 6.45) is 4.15. The molecule has 0 saturated heterocycles. The quantitative estimate of drug-likeness (QED) is 0.568. The third kappa shape index (κ3) is 4.66. The van der Waals surface area contributed by atoms with E-state index in [0.717, 1.165) is 22.5 Å². The lowest BCUT2D eigenvalue weighted by molar-refractivity contribution is -0.108. The van der Waals surface area contributed by atoms with Crippen molar-refractivity contribution in [2.24, 2.45) is 0 Å². The van der Waals surface area contributed by atoms with Crippen molar-refractivity contribution < 1.29 is 4.79 Å². The first kappa shape index (κ1) is 19.8. The Balaban J connectivity index is 2.06. The highest BCUT2D eigenvalue weighted by Crippen LogP contribution is 2.40. The second-order valence-electron chi connectivity index (χ2n) is 7.58. The number of thioether (sulfide) groups is 1. The van der Waals surface area contributed by atoms with Gasteiger partial charge < -0.3 is 4.90 Å². The number of allylic oxidation sites excluding steroid dienone is 2. The Morgan fingerprint density at radius 2 is 1.67 bits per heavy atom. The fraction of sp³-hybridized carbons (Fsp3) is 0.261. The van der Waals surface area contributed by atoms with E-state index in [4.69, 9.17) is 11.6 Å². The summed E-state index contributed by atoms with van der Waals surface area (Å²) in [4.78, 5) is 15.3. The molecule has 3 rings (SSSR count). The van der Waals surface area contributed by atoms with Crippen LogP contribution in [-0.2, 0) is 4.79 Å². The topological polar surface area (TPSA) is 20.3 Å². The standard InChI is InChI=1S/C23H24ClNOS/c1-16-21(22(26)27-23(2,3)4)20(17-8-6-5-7-9-17)14-15-25(16)19-12-10-18(24)11-13-19/h5-15,20H,1-4H3. The van der Waals surface area contributed by atoms with Crippen LogP contribution in [0.1, 0.15) is 39.2 Å². The van der Waals surface area contributed by atoms with Crippen molar-refractivity contribution in [1.29, 1.82) is 0 Å². The van der Waals surface area contributed by atoms with Gasteiger partial charge in [-0.05, 0) is 36.8 Å². The minimum absolute atomic E-state index is 0.0444. The summed E-state index contributed by atoms with van der Waals surface area (Å²) >= 11 is 7.42. The lowest BCUT2D eigenvalue weighted by Gasteiger charge is -2.32. The van der Waals surface area contributed by atoms with Crippen molar-refractivity contribution in [3.05, 3.63) is 88.7 Å². The molecule has 2 aromatic carbocycles. The molecular formula is C23H24ClNOS. The van der Waals surface area contributed by atoms with Gasteiger partial charge in [-0.25, -0.2) is 0 Å². The summed E-state index contributed by atoms with van der Waals surface area (Å²) in [6, 6.07) is 17.9. The third-order valence-corrected chi connectivity index (χ3v) is 5.64. The Morgan fingerprint density at radius 1 is 1.04 bits per heavy atom. The SMILES string of the molecule is CC1=C(C(=O)SC(C)(C)C)C(c2ccccc2)C=CN1c1ccc(Cl)cc1. The maximum absolute atomic E-state index is 13.3. The van der Waals surface area contributed by atoms with Crippen LogP contribution in [0.3, 0.4) is 0 Å². The molecule has 4 heteroatoms. The fourth-order valence-corrected chi connectivity index (χ4v) is 4.23. The average Bonchev–Trinajstić information content (AvgIpc) is 2.61. The molecule has 0 aliphatic carbocycles. The molecule has 0 fully saturated rings. The molecule has 0 radical (unpaired) electrons. The Morgan fingerprint density at radius 3 is 2.26 bits per heavy atom. The minimum Gasteiger partial charge on any atom is -0.321 e. The predicted octanol–water partition coefficient (Wildman–Crippen LogP) is 6.79. The second kappa shape index (κ2) is 7.95. The lowest BCUT2D eigenvalue weighted by Crippen LogP contribution is -2.26. The summed E-state index contributed by atoms with van der Waals surface area (Å²) in [5.41, 5.74) is 3.90. The Bertz CT molecular complexity index is 879. The summed E-state index contributed by atoms with van der Waals surface area (Å²) in [5, 5.41) is 0.820. The fourth-order valence-electron chi connectivity index (χ4n) is 3.16. The van der Waals surface area contributed by atoms with Gasteiger partial charge in [-0.15, -0.1) is 0 Å². The highest BCUT2D eigenvalue weighted by molar-refractivity contribution is 8.15. The molecule has 0 amide bonds. The Kier molecular flexibility index (Phi) is 5.83. The molecule has 0 N–H and O–H groups in total. The van der Waals surface area contributed by atoms with Crippen LogP contribution in [0.15, 0.2) is 78.1 Å². The van der Waals surface area contributed by atoms with Crippen LogP contribution >= 0.6 is 23.4 Å². The van der Waals surface area contributed by atoms with Crippen LogP contribution in [0.4, 0.5) is 5.69 Å². The van der Waals surface area contributed by atoms with E-state index in [9.17, 15) is 4.79 Å². The number of hydrogen-bond donors (Lipinski definition) is 0. The van der Waals surface area contributed by atoms with Gasteiger partial charge in [0, 0.05) is 38.8 Å². The van der Waals surface area contributed by atoms with Crippen LogP contribution in [0.25, 0.3) is 0 Å². The van der Waals surface area contributed by atoms with E-state index in [1.807, 2.05) is 49.4 Å². The van der Waals surface area contributed by atoms with Gasteiger partial charge in [0.15, 0.2) is 0 Å². The maximum atomic E-state index is 13.3. The zero-order valence-electron chi connectivity index (χ0n) is 16.1. The van der Waals surface area contributed by atoms with Crippen molar-refractivity contribution in [1.82, 2.24) is 0 Å². The lowest BCUT2D eigenvalue weighted by atomic mass is 9.88. The third-order valence-electron chi connectivity index (χ3n) is 4.37. The summed E-state index contributed by atoms with van der Waals surface area (Å²) in [6.45, 7) is 8.22. The molecule has 1 aliphatic rings. The zero-order valence-corrected chi connectivity index (χ0v) is 17.6. The van der Waals surface area contributed by atoms with E-state index in [0.29, 0.717) is 5.02 Å². The van der Waals surface area contributed by atoms with E-state index in [-0.39, 0.29) is 15.8 Å². The number of nitrogens with zero attached hydrogens (tertiary/aromatic N) is 1. The molecule has 1 atom stereocenters. The largest absolute Gasteiger partial charge is 0.321 e. The van der Waals surface area contributed by atoms with Crippen LogP contribution in [0.2, 0.25) is 5.02 Å². The molecule has 0 saturated carbocycles. The Labute approximate surface area is 170 Å². The molecular weight excluding hydrogens is 374 g/mol. The molecule has 0 aromatic heterocycles. The van der Waals surface area contributed by atoms with Crippen molar-refractivity contribution in [3.8, 4) is 0 Å². The molecule has 27 heavy (non-hydrogen) atoms. The smallest absolute Gasteiger partial charge is 0.218 e. The van der Waals surface area contributed by atoms with Crippen molar-refractivity contribution in [3.63, 3.8) is 0 Å². The highest BCUT2D eigenvalue weighted by atomic mass is 35.5. The number of carbonyl (C=O) groups is 1. The number of anilines is 1. The van der Waals surface area contributed by atoms with Crippen molar-refractivity contribution in [2.45, 2.75) is 38.4 Å². The van der Waals surface area contributed by atoms with E-state index < -0.39 is 0 Å². The van der Waals surface area contributed by atoms with Gasteiger partial charge in [-0.3, -0.25) is 4.79 Å². The second-order valence-corrected chi connectivity index (χ2v) is 9.81. The first-order chi connectivity index (χ1) is 12.8. The van der Waals surface area contributed by atoms with Crippen LogP contribution in [-0.4, -0.2) is 9.86 Å². The van der Waals surface area contributed by atoms with Crippen LogP contribution in [0, 0.1) is 0 Å². The van der Waals surface area contributed by atoms with Crippen molar-refractivity contribution >= 4 is 34.2 Å². The minimum atomic E-state index is -0.141.